The minimum atomic E-state index is -0.669. The quantitative estimate of drug-likeness (QED) is 0.427. The number of hydrogen-bond donors (Lipinski definition) is 0. The fourth-order valence-electron chi connectivity index (χ4n) is 3.05. The average Bonchev–Trinajstić information content (AvgIpc) is 2.68. The molecule has 0 aromatic heterocycles. The summed E-state index contributed by atoms with van der Waals surface area (Å²) in [5.74, 6) is 0. The smallest absolute Gasteiger partial charge is 0.144 e. The highest BCUT2D eigenvalue weighted by Gasteiger charge is 2.38. The number of ether oxygens (including phenoxy) is 1. The lowest BCUT2D eigenvalue weighted by molar-refractivity contribution is -0.0156. The minimum Gasteiger partial charge on any atom is -0.354 e. The molecule has 0 aliphatic rings. The first-order chi connectivity index (χ1) is 11.8. The molecular formula is C23H22O. The van der Waals surface area contributed by atoms with Gasteiger partial charge in [0.25, 0.3) is 0 Å². The van der Waals surface area contributed by atoms with Crippen molar-refractivity contribution in [3.8, 4) is 0 Å². The van der Waals surface area contributed by atoms with Crippen molar-refractivity contribution >= 4 is 0 Å². The van der Waals surface area contributed by atoms with Crippen molar-refractivity contribution < 1.29 is 4.74 Å². The molecule has 1 heteroatoms. The summed E-state index contributed by atoms with van der Waals surface area (Å²) < 4.78 is 6.63. The lowest BCUT2D eigenvalue weighted by Crippen LogP contribution is -2.35. The molecule has 0 aliphatic carbocycles. The van der Waals surface area contributed by atoms with Crippen LogP contribution in [-0.2, 0) is 10.3 Å². The van der Waals surface area contributed by atoms with Gasteiger partial charge in [-0.25, -0.2) is 0 Å². The summed E-state index contributed by atoms with van der Waals surface area (Å²) >= 11 is 0. The summed E-state index contributed by atoms with van der Waals surface area (Å²) in [5, 5.41) is 0. The molecular weight excluding hydrogens is 292 g/mol. The van der Waals surface area contributed by atoms with Crippen molar-refractivity contribution in [3.63, 3.8) is 0 Å². The molecule has 0 heterocycles. The van der Waals surface area contributed by atoms with Crippen LogP contribution in [0.15, 0.2) is 104 Å². The van der Waals surface area contributed by atoms with E-state index in [0.29, 0.717) is 0 Å². The predicted molar refractivity (Wildman–Crippen MR) is 100.0 cm³/mol. The summed E-state index contributed by atoms with van der Waals surface area (Å²) in [5.41, 5.74) is 2.65. The van der Waals surface area contributed by atoms with E-state index >= 15 is 0 Å². The van der Waals surface area contributed by atoms with Crippen LogP contribution >= 0.6 is 0 Å². The maximum atomic E-state index is 6.63. The lowest BCUT2D eigenvalue weighted by atomic mass is 9.80. The van der Waals surface area contributed by atoms with Crippen molar-refractivity contribution in [1.29, 1.82) is 0 Å². The SMILES string of the molecule is C=CC(C)OC(c1ccccc1)(c1ccccc1)c1ccccc1. The first kappa shape index (κ1) is 16.2. The molecule has 0 radical (unpaired) electrons. The van der Waals surface area contributed by atoms with Gasteiger partial charge in [-0.2, -0.15) is 0 Å². The van der Waals surface area contributed by atoms with Gasteiger partial charge in [0.1, 0.15) is 5.60 Å². The molecule has 3 aromatic carbocycles. The van der Waals surface area contributed by atoms with E-state index in [1.165, 1.54) is 0 Å². The van der Waals surface area contributed by atoms with Gasteiger partial charge in [-0.1, -0.05) is 97.1 Å². The van der Waals surface area contributed by atoms with Crippen molar-refractivity contribution in [1.82, 2.24) is 0 Å². The van der Waals surface area contributed by atoms with E-state index < -0.39 is 5.60 Å². The molecule has 0 saturated carbocycles. The van der Waals surface area contributed by atoms with E-state index in [4.69, 9.17) is 4.74 Å². The number of rotatable bonds is 6. The highest BCUT2D eigenvalue weighted by Crippen LogP contribution is 2.41. The van der Waals surface area contributed by atoms with Crippen molar-refractivity contribution in [2.75, 3.05) is 0 Å². The monoisotopic (exact) mass is 314 g/mol. The summed E-state index contributed by atoms with van der Waals surface area (Å²) in [4.78, 5) is 0. The van der Waals surface area contributed by atoms with Gasteiger partial charge in [0.15, 0.2) is 0 Å². The number of hydrogen-bond acceptors (Lipinski definition) is 1. The van der Waals surface area contributed by atoms with Crippen LogP contribution in [0.1, 0.15) is 23.6 Å². The Balaban J connectivity index is 2.30. The van der Waals surface area contributed by atoms with Gasteiger partial charge in [0.2, 0.25) is 0 Å². The molecule has 1 atom stereocenters. The van der Waals surface area contributed by atoms with E-state index in [0.717, 1.165) is 16.7 Å². The zero-order chi connectivity index (χ0) is 16.8. The van der Waals surface area contributed by atoms with Crippen LogP contribution in [0.2, 0.25) is 0 Å². The molecule has 24 heavy (non-hydrogen) atoms. The third-order valence-electron chi connectivity index (χ3n) is 4.24. The highest BCUT2D eigenvalue weighted by molar-refractivity contribution is 5.47. The molecule has 0 amide bonds. The minimum absolute atomic E-state index is 0.0920. The van der Waals surface area contributed by atoms with Gasteiger partial charge < -0.3 is 4.74 Å². The molecule has 0 spiro atoms. The summed E-state index contributed by atoms with van der Waals surface area (Å²) in [6.07, 6.45) is 1.74. The molecule has 120 valence electrons. The lowest BCUT2D eigenvalue weighted by Gasteiger charge is -2.37. The summed E-state index contributed by atoms with van der Waals surface area (Å²) in [6, 6.07) is 31.1. The van der Waals surface area contributed by atoms with Gasteiger partial charge in [-0.15, -0.1) is 6.58 Å². The van der Waals surface area contributed by atoms with Gasteiger partial charge in [-0.3, -0.25) is 0 Å². The van der Waals surface area contributed by atoms with Crippen molar-refractivity contribution in [2.24, 2.45) is 0 Å². The Hall–Kier alpha value is -2.64. The van der Waals surface area contributed by atoms with Gasteiger partial charge in [-0.05, 0) is 23.6 Å². The fourth-order valence-corrected chi connectivity index (χ4v) is 3.05. The van der Waals surface area contributed by atoms with Crippen LogP contribution in [0.4, 0.5) is 0 Å². The van der Waals surface area contributed by atoms with E-state index in [1.54, 1.807) is 0 Å². The van der Waals surface area contributed by atoms with Crippen LogP contribution in [0, 0.1) is 0 Å². The van der Waals surface area contributed by atoms with Crippen molar-refractivity contribution in [3.05, 3.63) is 120 Å². The molecule has 0 fully saturated rings. The second-order valence-electron chi connectivity index (χ2n) is 5.84. The first-order valence-corrected chi connectivity index (χ1v) is 8.24. The molecule has 0 saturated heterocycles. The Labute approximate surface area is 144 Å². The Morgan fingerprint density at radius 1 is 0.708 bits per heavy atom. The maximum absolute atomic E-state index is 6.63. The largest absolute Gasteiger partial charge is 0.354 e. The Morgan fingerprint density at radius 2 is 1.04 bits per heavy atom. The average molecular weight is 314 g/mol. The molecule has 1 unspecified atom stereocenters. The van der Waals surface area contributed by atoms with Crippen LogP contribution in [0.3, 0.4) is 0 Å². The van der Waals surface area contributed by atoms with Crippen molar-refractivity contribution in [2.45, 2.75) is 18.6 Å². The second-order valence-corrected chi connectivity index (χ2v) is 5.84. The molecule has 0 bridgehead atoms. The zero-order valence-corrected chi connectivity index (χ0v) is 13.9. The third-order valence-corrected chi connectivity index (χ3v) is 4.24. The van der Waals surface area contributed by atoms with Crippen LogP contribution in [-0.4, -0.2) is 6.10 Å². The van der Waals surface area contributed by atoms with E-state index in [9.17, 15) is 0 Å². The van der Waals surface area contributed by atoms with E-state index in [-0.39, 0.29) is 6.10 Å². The Kier molecular flexibility index (Phi) is 4.93. The number of benzene rings is 3. The summed E-state index contributed by atoms with van der Waals surface area (Å²) in [6.45, 7) is 5.93. The van der Waals surface area contributed by atoms with Crippen LogP contribution < -0.4 is 0 Å². The van der Waals surface area contributed by atoms with Crippen LogP contribution in [0.25, 0.3) is 0 Å². The molecule has 0 aliphatic heterocycles. The first-order valence-electron chi connectivity index (χ1n) is 8.24. The predicted octanol–water partition coefficient (Wildman–Crippen LogP) is 5.57. The van der Waals surface area contributed by atoms with Gasteiger partial charge in [0, 0.05) is 0 Å². The molecule has 3 rings (SSSR count). The van der Waals surface area contributed by atoms with Gasteiger partial charge in [0.05, 0.1) is 6.10 Å². The molecule has 0 N–H and O–H groups in total. The fraction of sp³-hybridized carbons (Fsp3) is 0.130. The zero-order valence-electron chi connectivity index (χ0n) is 13.9. The standard InChI is InChI=1S/C23H22O/c1-3-19(2)24-23(20-13-7-4-8-14-20,21-15-9-5-10-16-21)22-17-11-6-12-18-22/h3-19H,1H2,2H3. The second kappa shape index (κ2) is 7.29. The summed E-state index contributed by atoms with van der Waals surface area (Å²) in [7, 11) is 0. The maximum Gasteiger partial charge on any atom is 0.144 e. The normalized spacial score (nSPS) is 12.5. The Bertz CT molecular complexity index is 666. The van der Waals surface area contributed by atoms with E-state index in [1.807, 2.05) is 31.2 Å². The van der Waals surface area contributed by atoms with Crippen LogP contribution in [0.5, 0.6) is 0 Å². The van der Waals surface area contributed by atoms with E-state index in [2.05, 4.69) is 79.4 Å². The topological polar surface area (TPSA) is 9.23 Å². The highest BCUT2D eigenvalue weighted by atomic mass is 16.5. The molecule has 3 aromatic rings. The molecule has 1 nitrogen and oxygen atoms in total. The van der Waals surface area contributed by atoms with Gasteiger partial charge >= 0.3 is 0 Å². The third kappa shape index (κ3) is 3.04. The Morgan fingerprint density at radius 3 is 1.33 bits per heavy atom.